The fourth-order valence-corrected chi connectivity index (χ4v) is 1.05. The van der Waals surface area contributed by atoms with Gasteiger partial charge in [0.2, 0.25) is 0 Å². The minimum atomic E-state index is 0.608. The zero-order chi connectivity index (χ0) is 12.6. The first-order valence-electron chi connectivity index (χ1n) is 6.44. The third-order valence-corrected chi connectivity index (χ3v) is 1.97. The van der Waals surface area contributed by atoms with Gasteiger partial charge in [-0.2, -0.15) is 0 Å². The maximum Gasteiger partial charge on any atom is 0.191 e. The van der Waals surface area contributed by atoms with Gasteiger partial charge in [0, 0.05) is 19.6 Å². The predicted octanol–water partition coefficient (Wildman–Crippen LogP) is 2.49. The summed E-state index contributed by atoms with van der Waals surface area (Å²) >= 11 is 0. The minimum Gasteiger partial charge on any atom is -0.356 e. The van der Waals surface area contributed by atoms with Crippen LogP contribution in [-0.2, 0) is 0 Å². The summed E-state index contributed by atoms with van der Waals surface area (Å²) in [6.07, 6.45) is 0. The topological polar surface area (TPSA) is 36.4 Å². The molecule has 0 spiro atoms. The molecule has 0 aliphatic carbocycles. The summed E-state index contributed by atoms with van der Waals surface area (Å²) in [5, 5.41) is 6.74. The highest BCUT2D eigenvalue weighted by Crippen LogP contribution is 1.93. The smallest absolute Gasteiger partial charge is 0.191 e. The van der Waals surface area contributed by atoms with E-state index >= 15 is 0 Å². The van der Waals surface area contributed by atoms with E-state index in [0.717, 1.165) is 25.6 Å². The van der Waals surface area contributed by atoms with E-state index in [-0.39, 0.29) is 0 Å². The summed E-state index contributed by atoms with van der Waals surface area (Å²) in [5.74, 6) is 2.85. The van der Waals surface area contributed by atoms with E-state index in [4.69, 9.17) is 0 Å². The summed E-state index contributed by atoms with van der Waals surface area (Å²) in [4.78, 5) is 4.56. The Hall–Kier alpha value is -0.730. The van der Waals surface area contributed by atoms with Crippen molar-refractivity contribution in [2.45, 2.75) is 41.5 Å². The summed E-state index contributed by atoms with van der Waals surface area (Å²) in [6.45, 7) is 16.0. The van der Waals surface area contributed by atoms with E-state index in [0.29, 0.717) is 17.8 Å². The van der Waals surface area contributed by atoms with Crippen LogP contribution in [0.3, 0.4) is 0 Å². The minimum absolute atomic E-state index is 0.608. The van der Waals surface area contributed by atoms with E-state index in [1.54, 1.807) is 0 Å². The van der Waals surface area contributed by atoms with Crippen molar-refractivity contribution in [2.75, 3.05) is 19.6 Å². The van der Waals surface area contributed by atoms with Gasteiger partial charge < -0.3 is 10.6 Å². The van der Waals surface area contributed by atoms with E-state index in [1.165, 1.54) is 0 Å². The van der Waals surface area contributed by atoms with Gasteiger partial charge in [-0.05, 0) is 17.8 Å². The van der Waals surface area contributed by atoms with Crippen LogP contribution >= 0.6 is 0 Å². The summed E-state index contributed by atoms with van der Waals surface area (Å²) in [6, 6.07) is 0. The first kappa shape index (κ1) is 15.3. The third kappa shape index (κ3) is 9.81. The Bertz CT molecular complexity index is 181. The van der Waals surface area contributed by atoms with Crippen LogP contribution < -0.4 is 10.6 Å². The second-order valence-corrected chi connectivity index (χ2v) is 5.63. The van der Waals surface area contributed by atoms with Crippen molar-refractivity contribution in [3.63, 3.8) is 0 Å². The molecule has 0 aromatic carbocycles. The Kier molecular flexibility index (Phi) is 8.04. The van der Waals surface area contributed by atoms with Crippen LogP contribution in [0.5, 0.6) is 0 Å². The van der Waals surface area contributed by atoms with E-state index in [1.807, 2.05) is 0 Å². The molecule has 0 unspecified atom stereocenters. The monoisotopic (exact) mass is 227 g/mol. The Labute approximate surface area is 101 Å². The molecule has 0 aromatic heterocycles. The number of hydrogen-bond donors (Lipinski definition) is 2. The number of nitrogens with one attached hydrogen (secondary N) is 2. The Morgan fingerprint density at radius 2 is 1.25 bits per heavy atom. The molecule has 0 bridgehead atoms. The molecule has 16 heavy (non-hydrogen) atoms. The summed E-state index contributed by atoms with van der Waals surface area (Å²) < 4.78 is 0. The highest BCUT2D eigenvalue weighted by atomic mass is 15.2. The fraction of sp³-hybridized carbons (Fsp3) is 0.923. The molecule has 3 nitrogen and oxygen atoms in total. The van der Waals surface area contributed by atoms with Crippen LogP contribution in [0.1, 0.15) is 41.5 Å². The van der Waals surface area contributed by atoms with Crippen LogP contribution in [0.2, 0.25) is 0 Å². The quantitative estimate of drug-likeness (QED) is 0.540. The molecule has 0 rings (SSSR count). The molecule has 0 saturated heterocycles. The van der Waals surface area contributed by atoms with Gasteiger partial charge in [0.25, 0.3) is 0 Å². The lowest BCUT2D eigenvalue weighted by atomic mass is 10.2. The molecule has 0 fully saturated rings. The molecule has 2 N–H and O–H groups in total. The van der Waals surface area contributed by atoms with Gasteiger partial charge in [-0.3, -0.25) is 4.99 Å². The molecule has 0 aromatic rings. The zero-order valence-corrected chi connectivity index (χ0v) is 11.8. The lowest BCUT2D eigenvalue weighted by Crippen LogP contribution is -2.41. The van der Waals surface area contributed by atoms with Gasteiger partial charge >= 0.3 is 0 Å². The zero-order valence-electron chi connectivity index (χ0n) is 11.8. The van der Waals surface area contributed by atoms with Crippen molar-refractivity contribution >= 4 is 5.96 Å². The number of hydrogen-bond acceptors (Lipinski definition) is 1. The fourth-order valence-electron chi connectivity index (χ4n) is 1.05. The van der Waals surface area contributed by atoms with Gasteiger partial charge in [0.15, 0.2) is 5.96 Å². The maximum atomic E-state index is 4.56. The average Bonchev–Trinajstić information content (AvgIpc) is 2.15. The Morgan fingerprint density at radius 3 is 1.56 bits per heavy atom. The third-order valence-electron chi connectivity index (χ3n) is 1.97. The van der Waals surface area contributed by atoms with Crippen LogP contribution in [0.15, 0.2) is 4.99 Å². The first-order valence-corrected chi connectivity index (χ1v) is 6.44. The standard InChI is InChI=1S/C13H29N3/c1-10(2)7-14-13(15-8-11(3)4)16-9-12(5)6/h10-12H,7-9H2,1-6H3,(H2,14,15,16). The van der Waals surface area contributed by atoms with E-state index < -0.39 is 0 Å². The van der Waals surface area contributed by atoms with Gasteiger partial charge in [-0.15, -0.1) is 0 Å². The first-order chi connectivity index (χ1) is 7.41. The predicted molar refractivity (Wildman–Crippen MR) is 72.8 cm³/mol. The van der Waals surface area contributed by atoms with Crippen molar-refractivity contribution in [2.24, 2.45) is 22.7 Å². The lowest BCUT2D eigenvalue weighted by molar-refractivity contribution is 0.582. The largest absolute Gasteiger partial charge is 0.356 e. The SMILES string of the molecule is CC(C)CN=C(NCC(C)C)NCC(C)C. The van der Waals surface area contributed by atoms with Gasteiger partial charge in [-0.25, -0.2) is 0 Å². The van der Waals surface area contributed by atoms with Gasteiger partial charge in [0.05, 0.1) is 0 Å². The van der Waals surface area contributed by atoms with Gasteiger partial charge in [0.1, 0.15) is 0 Å². The Balaban J connectivity index is 4.09. The number of rotatable bonds is 6. The van der Waals surface area contributed by atoms with E-state index in [9.17, 15) is 0 Å². The maximum absolute atomic E-state index is 4.56. The van der Waals surface area contributed by atoms with Crippen LogP contribution in [0.25, 0.3) is 0 Å². The highest BCUT2D eigenvalue weighted by molar-refractivity contribution is 5.79. The molecule has 0 amide bonds. The van der Waals surface area contributed by atoms with E-state index in [2.05, 4.69) is 57.2 Å². The molecule has 0 aliphatic heterocycles. The van der Waals surface area contributed by atoms with Crippen LogP contribution in [0.4, 0.5) is 0 Å². The number of nitrogens with zero attached hydrogens (tertiary/aromatic N) is 1. The molecule has 0 radical (unpaired) electrons. The number of guanidine groups is 1. The van der Waals surface area contributed by atoms with Crippen LogP contribution in [-0.4, -0.2) is 25.6 Å². The summed E-state index contributed by atoms with van der Waals surface area (Å²) in [7, 11) is 0. The normalized spacial score (nSPS) is 11.1. The molecule has 0 atom stereocenters. The molecule has 96 valence electrons. The Morgan fingerprint density at radius 1 is 0.812 bits per heavy atom. The van der Waals surface area contributed by atoms with Gasteiger partial charge in [-0.1, -0.05) is 41.5 Å². The van der Waals surface area contributed by atoms with Crippen molar-refractivity contribution in [3.8, 4) is 0 Å². The van der Waals surface area contributed by atoms with Crippen molar-refractivity contribution < 1.29 is 0 Å². The molecular formula is C13H29N3. The molecule has 3 heteroatoms. The van der Waals surface area contributed by atoms with Crippen molar-refractivity contribution in [3.05, 3.63) is 0 Å². The average molecular weight is 227 g/mol. The lowest BCUT2D eigenvalue weighted by Gasteiger charge is -2.15. The summed E-state index contributed by atoms with van der Waals surface area (Å²) in [5.41, 5.74) is 0. The second-order valence-electron chi connectivity index (χ2n) is 5.63. The highest BCUT2D eigenvalue weighted by Gasteiger charge is 2.02. The second kappa shape index (κ2) is 8.43. The molecule has 0 aliphatic rings. The van der Waals surface area contributed by atoms with Crippen molar-refractivity contribution in [1.82, 2.24) is 10.6 Å². The molecule has 0 saturated carbocycles. The van der Waals surface area contributed by atoms with Crippen molar-refractivity contribution in [1.29, 1.82) is 0 Å². The molecule has 0 heterocycles. The van der Waals surface area contributed by atoms with Crippen LogP contribution in [0, 0.1) is 17.8 Å². The molecular weight excluding hydrogens is 198 g/mol. The number of aliphatic imine (C=N–C) groups is 1.